The fourth-order valence-corrected chi connectivity index (χ4v) is 3.13. The molecule has 1 aromatic rings. The lowest BCUT2D eigenvalue weighted by molar-refractivity contribution is 0.504. The Labute approximate surface area is 115 Å². The highest BCUT2D eigenvalue weighted by atomic mass is 32.2. The van der Waals surface area contributed by atoms with Crippen molar-refractivity contribution in [1.29, 1.82) is 0 Å². The van der Waals surface area contributed by atoms with Crippen molar-refractivity contribution < 1.29 is 8.42 Å². The molecule has 0 saturated carbocycles. The van der Waals surface area contributed by atoms with E-state index in [9.17, 15) is 8.42 Å². The summed E-state index contributed by atoms with van der Waals surface area (Å²) < 4.78 is 23.4. The van der Waals surface area contributed by atoms with Gasteiger partial charge in [-0.3, -0.25) is 0 Å². The number of anilines is 1. The molecule has 0 spiro atoms. The van der Waals surface area contributed by atoms with Crippen LogP contribution in [0, 0.1) is 5.92 Å². The van der Waals surface area contributed by atoms with E-state index in [1.54, 1.807) is 19.1 Å². The predicted molar refractivity (Wildman–Crippen MR) is 79.1 cm³/mol. The molecule has 0 amide bonds. The Kier molecular flexibility index (Phi) is 4.64. The summed E-state index contributed by atoms with van der Waals surface area (Å²) in [6.07, 6.45) is 8.01. The normalized spacial score (nSPS) is 19.3. The number of benzene rings is 1. The highest BCUT2D eigenvalue weighted by Crippen LogP contribution is 2.20. The van der Waals surface area contributed by atoms with Gasteiger partial charge in [0.15, 0.2) is 9.84 Å². The molecule has 0 bridgehead atoms. The molecule has 1 aliphatic rings. The van der Waals surface area contributed by atoms with Gasteiger partial charge in [0.1, 0.15) is 0 Å². The summed E-state index contributed by atoms with van der Waals surface area (Å²) >= 11 is 0. The van der Waals surface area contributed by atoms with Crippen molar-refractivity contribution in [3.8, 4) is 0 Å². The molecule has 2 rings (SSSR count). The van der Waals surface area contributed by atoms with Gasteiger partial charge >= 0.3 is 0 Å². The van der Waals surface area contributed by atoms with Gasteiger partial charge in [-0.05, 0) is 49.4 Å². The van der Waals surface area contributed by atoms with Crippen LogP contribution in [-0.2, 0) is 9.84 Å². The van der Waals surface area contributed by atoms with Crippen LogP contribution in [0.25, 0.3) is 0 Å². The smallest absolute Gasteiger partial charge is 0.178 e. The van der Waals surface area contributed by atoms with Gasteiger partial charge in [0, 0.05) is 12.2 Å². The third kappa shape index (κ3) is 3.83. The quantitative estimate of drug-likeness (QED) is 0.842. The lowest BCUT2D eigenvalue weighted by Gasteiger charge is -2.18. The highest BCUT2D eigenvalue weighted by molar-refractivity contribution is 7.91. The third-order valence-electron chi connectivity index (χ3n) is 3.57. The van der Waals surface area contributed by atoms with Crippen LogP contribution in [0.5, 0.6) is 0 Å². The van der Waals surface area contributed by atoms with Gasteiger partial charge in [-0.1, -0.05) is 19.1 Å². The van der Waals surface area contributed by atoms with Gasteiger partial charge in [0.2, 0.25) is 0 Å². The van der Waals surface area contributed by atoms with Crippen LogP contribution in [0.3, 0.4) is 0 Å². The van der Waals surface area contributed by atoms with Crippen molar-refractivity contribution >= 4 is 15.5 Å². The van der Waals surface area contributed by atoms with E-state index < -0.39 is 9.84 Å². The largest absolute Gasteiger partial charge is 0.385 e. The van der Waals surface area contributed by atoms with Gasteiger partial charge in [0.05, 0.1) is 10.6 Å². The maximum absolute atomic E-state index is 11.7. The number of hydrogen-bond acceptors (Lipinski definition) is 3. The molecule has 3 nitrogen and oxygen atoms in total. The number of allylic oxidation sites excluding steroid dienone is 2. The fraction of sp³-hybridized carbons (Fsp3) is 0.467. The number of hydrogen-bond donors (Lipinski definition) is 1. The van der Waals surface area contributed by atoms with Crippen LogP contribution in [-0.4, -0.2) is 20.7 Å². The number of rotatable bonds is 5. The van der Waals surface area contributed by atoms with Gasteiger partial charge < -0.3 is 5.32 Å². The molecule has 1 atom stereocenters. The first-order valence-electron chi connectivity index (χ1n) is 6.83. The minimum Gasteiger partial charge on any atom is -0.385 e. The van der Waals surface area contributed by atoms with E-state index in [0.717, 1.165) is 18.7 Å². The molecular weight excluding hydrogens is 258 g/mol. The second kappa shape index (κ2) is 6.24. The Balaban J connectivity index is 1.93. The third-order valence-corrected chi connectivity index (χ3v) is 5.32. The molecule has 0 heterocycles. The van der Waals surface area contributed by atoms with Crippen molar-refractivity contribution in [2.75, 3.05) is 17.6 Å². The zero-order valence-corrected chi connectivity index (χ0v) is 12.1. The Morgan fingerprint density at radius 1 is 1.21 bits per heavy atom. The van der Waals surface area contributed by atoms with E-state index in [4.69, 9.17) is 0 Å². The summed E-state index contributed by atoms with van der Waals surface area (Å²) in [6.45, 7) is 2.61. The first kappa shape index (κ1) is 14.1. The zero-order valence-electron chi connectivity index (χ0n) is 11.3. The van der Waals surface area contributed by atoms with Crippen molar-refractivity contribution in [2.45, 2.75) is 31.1 Å². The standard InChI is InChI=1S/C15H21NO2S/c1-2-19(17,18)15-10-8-14(9-11-15)16-12-13-6-4-3-5-7-13/h3-4,8-11,13,16H,2,5-7,12H2,1H3. The molecule has 0 saturated heterocycles. The minimum atomic E-state index is -3.09. The molecule has 1 aliphatic carbocycles. The summed E-state index contributed by atoms with van der Waals surface area (Å²) in [7, 11) is -3.09. The second-order valence-electron chi connectivity index (χ2n) is 4.96. The van der Waals surface area contributed by atoms with Gasteiger partial charge in [-0.25, -0.2) is 8.42 Å². The Morgan fingerprint density at radius 3 is 2.53 bits per heavy atom. The average molecular weight is 279 g/mol. The molecule has 0 fully saturated rings. The van der Waals surface area contributed by atoms with Crippen LogP contribution >= 0.6 is 0 Å². The van der Waals surface area contributed by atoms with Gasteiger partial charge in [-0.2, -0.15) is 0 Å². The van der Waals surface area contributed by atoms with Crippen LogP contribution in [0.2, 0.25) is 0 Å². The van der Waals surface area contributed by atoms with E-state index in [2.05, 4.69) is 17.5 Å². The summed E-state index contributed by atoms with van der Waals surface area (Å²) in [5, 5.41) is 3.38. The van der Waals surface area contributed by atoms with Crippen LogP contribution in [0.15, 0.2) is 41.3 Å². The fourth-order valence-electron chi connectivity index (χ4n) is 2.25. The molecule has 4 heteroatoms. The first-order valence-corrected chi connectivity index (χ1v) is 8.49. The molecule has 19 heavy (non-hydrogen) atoms. The van der Waals surface area contributed by atoms with Crippen LogP contribution < -0.4 is 5.32 Å². The summed E-state index contributed by atoms with van der Waals surface area (Å²) in [5.41, 5.74) is 0.990. The van der Waals surface area contributed by atoms with Crippen molar-refractivity contribution in [2.24, 2.45) is 5.92 Å². The Morgan fingerprint density at radius 2 is 1.95 bits per heavy atom. The van der Waals surface area contributed by atoms with E-state index >= 15 is 0 Å². The van der Waals surface area contributed by atoms with E-state index in [0.29, 0.717) is 10.8 Å². The summed E-state index contributed by atoms with van der Waals surface area (Å²) in [4.78, 5) is 0.404. The van der Waals surface area contributed by atoms with Gasteiger partial charge in [-0.15, -0.1) is 0 Å². The molecule has 1 aromatic carbocycles. The average Bonchev–Trinajstić information content (AvgIpc) is 2.47. The van der Waals surface area contributed by atoms with Crippen molar-refractivity contribution in [3.63, 3.8) is 0 Å². The van der Waals surface area contributed by atoms with Crippen LogP contribution in [0.1, 0.15) is 26.2 Å². The Hall–Kier alpha value is -1.29. The van der Waals surface area contributed by atoms with E-state index in [1.165, 1.54) is 12.8 Å². The van der Waals surface area contributed by atoms with Gasteiger partial charge in [0.25, 0.3) is 0 Å². The lowest BCUT2D eigenvalue weighted by Crippen LogP contribution is -2.15. The van der Waals surface area contributed by atoms with Crippen LogP contribution in [0.4, 0.5) is 5.69 Å². The topological polar surface area (TPSA) is 46.2 Å². The SMILES string of the molecule is CCS(=O)(=O)c1ccc(NCC2CC=CCC2)cc1. The minimum absolute atomic E-state index is 0.147. The lowest BCUT2D eigenvalue weighted by atomic mass is 9.94. The second-order valence-corrected chi connectivity index (χ2v) is 7.24. The van der Waals surface area contributed by atoms with E-state index in [1.807, 2.05) is 12.1 Å². The summed E-state index contributed by atoms with van der Waals surface area (Å²) in [5.74, 6) is 0.831. The molecule has 104 valence electrons. The molecule has 0 aromatic heterocycles. The zero-order chi connectivity index (χ0) is 13.7. The number of sulfone groups is 1. The maximum atomic E-state index is 11.7. The molecule has 1 unspecified atom stereocenters. The molecule has 0 aliphatic heterocycles. The number of nitrogens with one attached hydrogen (secondary N) is 1. The maximum Gasteiger partial charge on any atom is 0.178 e. The molecular formula is C15H21NO2S. The highest BCUT2D eigenvalue weighted by Gasteiger charge is 2.12. The predicted octanol–water partition coefficient (Wildman–Crippen LogP) is 3.25. The molecule has 1 N–H and O–H groups in total. The van der Waals surface area contributed by atoms with E-state index in [-0.39, 0.29) is 5.75 Å². The monoisotopic (exact) mass is 279 g/mol. The molecule has 0 radical (unpaired) electrons. The van der Waals surface area contributed by atoms with Crippen molar-refractivity contribution in [3.05, 3.63) is 36.4 Å². The van der Waals surface area contributed by atoms with Crippen molar-refractivity contribution in [1.82, 2.24) is 0 Å². The first-order chi connectivity index (χ1) is 9.12. The Bertz CT molecular complexity index is 532. The summed E-state index contributed by atoms with van der Waals surface area (Å²) in [6, 6.07) is 7.06.